The Balaban J connectivity index is 2.20. The predicted molar refractivity (Wildman–Crippen MR) is 73.6 cm³/mol. The van der Waals surface area contributed by atoms with Gasteiger partial charge in [0, 0.05) is 0 Å². The zero-order valence-electron chi connectivity index (χ0n) is 12.5. The molecular weight excluding hydrogens is 284 g/mol. The fourth-order valence-corrected chi connectivity index (χ4v) is 1.91. The second kappa shape index (κ2) is 5.53. The maximum absolute atomic E-state index is 13.6. The zero-order valence-corrected chi connectivity index (χ0v) is 12.5. The molecular formula is C14H18BF3O3. The highest BCUT2D eigenvalue weighted by atomic mass is 19.3. The molecule has 0 N–H and O–H groups in total. The van der Waals surface area contributed by atoms with E-state index in [4.69, 9.17) is 14.0 Å². The fourth-order valence-electron chi connectivity index (χ4n) is 1.91. The first-order valence-electron chi connectivity index (χ1n) is 6.68. The summed E-state index contributed by atoms with van der Waals surface area (Å²) >= 11 is 0. The van der Waals surface area contributed by atoms with Gasteiger partial charge in [-0.05, 0) is 45.3 Å². The second-order valence-electron chi connectivity index (χ2n) is 5.98. The molecule has 0 atom stereocenters. The van der Waals surface area contributed by atoms with Crippen molar-refractivity contribution >= 4 is 12.6 Å². The van der Waals surface area contributed by atoms with Gasteiger partial charge in [-0.15, -0.1) is 0 Å². The number of hydrogen-bond donors (Lipinski definition) is 0. The zero-order chi connectivity index (χ0) is 15.8. The van der Waals surface area contributed by atoms with Gasteiger partial charge >= 0.3 is 7.12 Å². The molecule has 0 aromatic heterocycles. The van der Waals surface area contributed by atoms with Gasteiger partial charge in [0.1, 0.15) is 6.61 Å². The average molecular weight is 302 g/mol. The predicted octanol–water partition coefficient (Wildman–Crippen LogP) is 2.77. The lowest BCUT2D eigenvalue weighted by Crippen LogP contribution is -2.41. The third-order valence-corrected chi connectivity index (χ3v) is 3.85. The highest BCUT2D eigenvalue weighted by Gasteiger charge is 2.51. The number of halogens is 3. The van der Waals surface area contributed by atoms with E-state index < -0.39 is 37.2 Å². The van der Waals surface area contributed by atoms with Crippen LogP contribution in [0.1, 0.15) is 27.7 Å². The molecule has 1 aliphatic heterocycles. The van der Waals surface area contributed by atoms with Crippen LogP contribution in [-0.4, -0.2) is 31.4 Å². The topological polar surface area (TPSA) is 27.7 Å². The van der Waals surface area contributed by atoms with Crippen LogP contribution in [0.5, 0.6) is 5.75 Å². The second-order valence-corrected chi connectivity index (χ2v) is 5.98. The van der Waals surface area contributed by atoms with Gasteiger partial charge in [-0.1, -0.05) is 6.07 Å². The van der Waals surface area contributed by atoms with Gasteiger partial charge in [-0.3, -0.25) is 0 Å². The van der Waals surface area contributed by atoms with Crippen molar-refractivity contribution in [1.29, 1.82) is 0 Å². The van der Waals surface area contributed by atoms with Crippen molar-refractivity contribution < 1.29 is 27.2 Å². The molecule has 1 aromatic rings. The van der Waals surface area contributed by atoms with E-state index in [2.05, 4.69) is 0 Å². The Hall–Kier alpha value is -1.21. The van der Waals surface area contributed by atoms with E-state index in [0.717, 1.165) is 6.07 Å². The van der Waals surface area contributed by atoms with Crippen LogP contribution in [0.3, 0.4) is 0 Å². The van der Waals surface area contributed by atoms with Crippen LogP contribution in [0, 0.1) is 5.82 Å². The van der Waals surface area contributed by atoms with Crippen LogP contribution in [0.15, 0.2) is 18.2 Å². The van der Waals surface area contributed by atoms with E-state index in [1.54, 1.807) is 0 Å². The van der Waals surface area contributed by atoms with Crippen molar-refractivity contribution in [1.82, 2.24) is 0 Å². The minimum Gasteiger partial charge on any atom is -0.485 e. The third kappa shape index (κ3) is 3.35. The Kier molecular flexibility index (Phi) is 4.26. The Morgan fingerprint density at radius 1 is 1.14 bits per heavy atom. The van der Waals surface area contributed by atoms with Crippen LogP contribution >= 0.6 is 0 Å². The normalized spacial score (nSPS) is 20.1. The molecule has 0 spiro atoms. The highest BCUT2D eigenvalue weighted by Crippen LogP contribution is 2.36. The third-order valence-electron chi connectivity index (χ3n) is 3.85. The molecule has 0 radical (unpaired) electrons. The Labute approximate surface area is 122 Å². The van der Waals surface area contributed by atoms with Crippen molar-refractivity contribution in [3.63, 3.8) is 0 Å². The van der Waals surface area contributed by atoms with E-state index in [-0.39, 0.29) is 5.75 Å². The fraction of sp³-hybridized carbons (Fsp3) is 0.571. The number of benzene rings is 1. The molecule has 3 nitrogen and oxygen atoms in total. The van der Waals surface area contributed by atoms with Crippen molar-refractivity contribution in [2.75, 3.05) is 6.61 Å². The summed E-state index contributed by atoms with van der Waals surface area (Å²) in [7, 11) is -0.690. The van der Waals surface area contributed by atoms with Crippen LogP contribution in [0.4, 0.5) is 13.2 Å². The Bertz CT molecular complexity index is 504. The molecule has 0 unspecified atom stereocenters. The molecule has 1 saturated heterocycles. The Morgan fingerprint density at radius 2 is 1.71 bits per heavy atom. The molecule has 0 aliphatic carbocycles. The molecule has 1 aliphatic rings. The molecule has 0 amide bonds. The molecule has 0 bridgehead atoms. The van der Waals surface area contributed by atoms with E-state index in [0.29, 0.717) is 5.46 Å². The van der Waals surface area contributed by atoms with Crippen molar-refractivity contribution in [3.05, 3.63) is 24.0 Å². The summed E-state index contributed by atoms with van der Waals surface area (Å²) in [6, 6.07) is 3.98. The SMILES string of the molecule is CC1(C)OB(c2ccc(F)c(OCC(F)F)c2)OC1(C)C. The first-order chi connectivity index (χ1) is 9.62. The average Bonchev–Trinajstić information content (AvgIpc) is 2.57. The largest absolute Gasteiger partial charge is 0.494 e. The molecule has 21 heavy (non-hydrogen) atoms. The standard InChI is InChI=1S/C14H18BF3O3/c1-13(2)14(3,4)21-15(20-13)9-5-6-10(16)11(7-9)19-8-12(17)18/h5-7,12H,8H2,1-4H3. The summed E-state index contributed by atoms with van der Waals surface area (Å²) in [5, 5.41) is 0. The van der Waals surface area contributed by atoms with Crippen molar-refractivity contribution in [2.24, 2.45) is 0 Å². The van der Waals surface area contributed by atoms with Crippen molar-refractivity contribution in [2.45, 2.75) is 45.3 Å². The summed E-state index contributed by atoms with van der Waals surface area (Å²) in [6.07, 6.45) is -2.66. The summed E-state index contributed by atoms with van der Waals surface area (Å²) in [4.78, 5) is 0. The summed E-state index contributed by atoms with van der Waals surface area (Å²) in [5.41, 5.74) is -0.536. The summed E-state index contributed by atoms with van der Waals surface area (Å²) in [5.74, 6) is -0.932. The van der Waals surface area contributed by atoms with Gasteiger partial charge in [0.2, 0.25) is 0 Å². The van der Waals surface area contributed by atoms with Crippen LogP contribution in [-0.2, 0) is 9.31 Å². The lowest BCUT2D eigenvalue weighted by Gasteiger charge is -2.32. The van der Waals surface area contributed by atoms with Gasteiger partial charge < -0.3 is 14.0 Å². The van der Waals surface area contributed by atoms with Gasteiger partial charge in [-0.25, -0.2) is 13.2 Å². The highest BCUT2D eigenvalue weighted by molar-refractivity contribution is 6.62. The molecule has 116 valence electrons. The smallest absolute Gasteiger partial charge is 0.485 e. The minimum atomic E-state index is -2.66. The molecule has 1 heterocycles. The van der Waals surface area contributed by atoms with Crippen LogP contribution < -0.4 is 10.2 Å². The molecule has 1 fully saturated rings. The number of hydrogen-bond acceptors (Lipinski definition) is 3. The summed E-state index contributed by atoms with van der Waals surface area (Å²) < 4.78 is 54.3. The first kappa shape index (κ1) is 16.2. The minimum absolute atomic E-state index is 0.234. The number of rotatable bonds is 4. The van der Waals surface area contributed by atoms with E-state index in [1.807, 2.05) is 27.7 Å². The lowest BCUT2D eigenvalue weighted by atomic mass is 9.79. The quantitative estimate of drug-likeness (QED) is 0.801. The number of alkyl halides is 2. The lowest BCUT2D eigenvalue weighted by molar-refractivity contribution is 0.00578. The van der Waals surface area contributed by atoms with E-state index in [1.165, 1.54) is 12.1 Å². The van der Waals surface area contributed by atoms with E-state index in [9.17, 15) is 13.2 Å². The van der Waals surface area contributed by atoms with Gasteiger partial charge in [0.05, 0.1) is 11.2 Å². The monoisotopic (exact) mass is 302 g/mol. The maximum Gasteiger partial charge on any atom is 0.494 e. The molecule has 0 saturated carbocycles. The molecule has 2 rings (SSSR count). The van der Waals surface area contributed by atoms with Crippen LogP contribution in [0.25, 0.3) is 0 Å². The maximum atomic E-state index is 13.6. The van der Waals surface area contributed by atoms with Crippen molar-refractivity contribution in [3.8, 4) is 5.75 Å². The van der Waals surface area contributed by atoms with Gasteiger partial charge in [0.15, 0.2) is 11.6 Å². The first-order valence-corrected chi connectivity index (χ1v) is 6.68. The summed E-state index contributed by atoms with van der Waals surface area (Å²) in [6.45, 7) is 6.72. The number of ether oxygens (including phenoxy) is 1. The van der Waals surface area contributed by atoms with E-state index >= 15 is 0 Å². The van der Waals surface area contributed by atoms with Gasteiger partial charge in [-0.2, -0.15) is 0 Å². The van der Waals surface area contributed by atoms with Crippen LogP contribution in [0.2, 0.25) is 0 Å². The van der Waals surface area contributed by atoms with Gasteiger partial charge in [0.25, 0.3) is 6.43 Å². The molecule has 1 aromatic carbocycles. The Morgan fingerprint density at radius 3 is 2.24 bits per heavy atom. The molecule has 7 heteroatoms.